The fourth-order valence-electron chi connectivity index (χ4n) is 1.01. The Morgan fingerprint density at radius 1 is 1.70 bits per heavy atom. The molecule has 0 saturated carbocycles. The maximum absolute atomic E-state index is 4.10. The molecule has 2 rings (SSSR count). The summed E-state index contributed by atoms with van der Waals surface area (Å²) in [6.45, 7) is 2.11. The molecule has 1 unspecified atom stereocenters. The lowest BCUT2D eigenvalue weighted by molar-refractivity contribution is 0.645. The van der Waals surface area contributed by atoms with E-state index in [4.69, 9.17) is 0 Å². The standard InChI is InChI=1S/C6H8N4/c1-5-2-6-9-7-4-10(6)8-3-5/h3-5H,2H2,1H3. The monoisotopic (exact) mass is 136 g/mol. The van der Waals surface area contributed by atoms with Crippen molar-refractivity contribution < 1.29 is 0 Å². The Morgan fingerprint density at radius 2 is 2.60 bits per heavy atom. The van der Waals surface area contributed by atoms with E-state index in [-0.39, 0.29) is 0 Å². The summed E-state index contributed by atoms with van der Waals surface area (Å²) in [5, 5.41) is 11.7. The highest BCUT2D eigenvalue weighted by Gasteiger charge is 2.11. The first-order chi connectivity index (χ1) is 4.86. The predicted molar refractivity (Wildman–Crippen MR) is 36.8 cm³/mol. The quantitative estimate of drug-likeness (QED) is 0.515. The Labute approximate surface area is 58.6 Å². The number of rotatable bonds is 0. The molecule has 0 N–H and O–H groups in total. The molecule has 52 valence electrons. The van der Waals surface area contributed by atoms with Gasteiger partial charge in [-0.05, 0) is 0 Å². The molecule has 1 aromatic heterocycles. The molecule has 0 spiro atoms. The van der Waals surface area contributed by atoms with Gasteiger partial charge in [-0.3, -0.25) is 0 Å². The number of hydrogen-bond donors (Lipinski definition) is 0. The van der Waals surface area contributed by atoms with Crippen LogP contribution in [0.15, 0.2) is 11.4 Å². The molecule has 0 radical (unpaired) electrons. The van der Waals surface area contributed by atoms with Crippen molar-refractivity contribution in [2.75, 3.05) is 0 Å². The van der Waals surface area contributed by atoms with Gasteiger partial charge in [0.15, 0.2) is 5.82 Å². The van der Waals surface area contributed by atoms with Gasteiger partial charge in [0.05, 0.1) is 0 Å². The van der Waals surface area contributed by atoms with Gasteiger partial charge in [0, 0.05) is 18.6 Å². The first-order valence-electron chi connectivity index (χ1n) is 3.29. The van der Waals surface area contributed by atoms with Crippen LogP contribution in [0.2, 0.25) is 0 Å². The maximum atomic E-state index is 4.10. The van der Waals surface area contributed by atoms with E-state index < -0.39 is 0 Å². The van der Waals surface area contributed by atoms with Gasteiger partial charge in [-0.2, -0.15) is 5.10 Å². The molecule has 0 aliphatic carbocycles. The van der Waals surface area contributed by atoms with E-state index in [0.29, 0.717) is 5.92 Å². The Hall–Kier alpha value is -1.19. The normalized spacial score (nSPS) is 22.7. The third kappa shape index (κ3) is 0.725. The van der Waals surface area contributed by atoms with Crippen molar-refractivity contribution in [1.82, 2.24) is 14.9 Å². The predicted octanol–water partition coefficient (Wildman–Crippen LogP) is 0.304. The third-order valence-corrected chi connectivity index (χ3v) is 1.55. The van der Waals surface area contributed by atoms with Crippen molar-refractivity contribution in [3.05, 3.63) is 12.2 Å². The summed E-state index contributed by atoms with van der Waals surface area (Å²) in [5.74, 6) is 1.45. The Kier molecular flexibility index (Phi) is 1.06. The fourth-order valence-corrected chi connectivity index (χ4v) is 1.01. The van der Waals surface area contributed by atoms with Crippen molar-refractivity contribution in [2.24, 2.45) is 11.0 Å². The topological polar surface area (TPSA) is 43.1 Å². The van der Waals surface area contributed by atoms with Gasteiger partial charge in [-0.15, -0.1) is 10.2 Å². The first-order valence-corrected chi connectivity index (χ1v) is 3.29. The summed E-state index contributed by atoms with van der Waals surface area (Å²) in [6.07, 6.45) is 4.48. The second-order valence-electron chi connectivity index (χ2n) is 2.54. The molecule has 1 atom stereocenters. The second kappa shape index (κ2) is 1.90. The zero-order valence-electron chi connectivity index (χ0n) is 5.73. The van der Waals surface area contributed by atoms with Crippen LogP contribution in [-0.2, 0) is 6.42 Å². The van der Waals surface area contributed by atoms with Crippen molar-refractivity contribution in [3.63, 3.8) is 0 Å². The van der Waals surface area contributed by atoms with Crippen LogP contribution in [0, 0.1) is 5.92 Å². The average Bonchev–Trinajstić information content (AvgIpc) is 2.33. The zero-order valence-corrected chi connectivity index (χ0v) is 5.73. The van der Waals surface area contributed by atoms with Crippen LogP contribution in [-0.4, -0.2) is 21.1 Å². The summed E-state index contributed by atoms with van der Waals surface area (Å²) in [5.41, 5.74) is 0. The molecule has 0 amide bonds. The van der Waals surface area contributed by atoms with Crippen LogP contribution in [0.5, 0.6) is 0 Å². The van der Waals surface area contributed by atoms with Crippen LogP contribution in [0.3, 0.4) is 0 Å². The van der Waals surface area contributed by atoms with Crippen LogP contribution >= 0.6 is 0 Å². The summed E-state index contributed by atoms with van der Waals surface area (Å²) in [6, 6.07) is 0. The summed E-state index contributed by atoms with van der Waals surface area (Å²) in [7, 11) is 0. The molecule has 1 aliphatic heterocycles. The minimum Gasteiger partial charge on any atom is -0.205 e. The number of fused-ring (bicyclic) bond motifs is 1. The van der Waals surface area contributed by atoms with Crippen molar-refractivity contribution >= 4 is 6.21 Å². The van der Waals surface area contributed by atoms with E-state index in [2.05, 4.69) is 22.2 Å². The highest BCUT2D eigenvalue weighted by Crippen LogP contribution is 2.08. The summed E-state index contributed by atoms with van der Waals surface area (Å²) < 4.78 is 1.71. The van der Waals surface area contributed by atoms with Gasteiger partial charge in [0.1, 0.15) is 6.33 Å². The molecule has 1 aliphatic rings. The van der Waals surface area contributed by atoms with Gasteiger partial charge >= 0.3 is 0 Å². The van der Waals surface area contributed by atoms with Gasteiger partial charge in [-0.25, -0.2) is 4.68 Å². The van der Waals surface area contributed by atoms with E-state index in [1.54, 1.807) is 11.0 Å². The number of nitrogens with zero attached hydrogens (tertiary/aromatic N) is 4. The van der Waals surface area contributed by atoms with Crippen LogP contribution in [0.25, 0.3) is 0 Å². The van der Waals surface area contributed by atoms with E-state index >= 15 is 0 Å². The summed E-state index contributed by atoms with van der Waals surface area (Å²) >= 11 is 0. The van der Waals surface area contributed by atoms with E-state index in [1.807, 2.05) is 6.21 Å². The lowest BCUT2D eigenvalue weighted by Gasteiger charge is -2.09. The van der Waals surface area contributed by atoms with Gasteiger partial charge in [-0.1, -0.05) is 6.92 Å². The van der Waals surface area contributed by atoms with Crippen LogP contribution < -0.4 is 0 Å². The third-order valence-electron chi connectivity index (χ3n) is 1.55. The molecule has 4 heteroatoms. The Morgan fingerprint density at radius 3 is 3.50 bits per heavy atom. The fraction of sp³-hybridized carbons (Fsp3) is 0.500. The van der Waals surface area contributed by atoms with Gasteiger partial charge < -0.3 is 0 Å². The smallest absolute Gasteiger partial charge is 0.154 e. The van der Waals surface area contributed by atoms with Crippen molar-refractivity contribution in [2.45, 2.75) is 13.3 Å². The number of aromatic nitrogens is 3. The minimum absolute atomic E-state index is 0.497. The lowest BCUT2D eigenvalue weighted by atomic mass is 10.1. The van der Waals surface area contributed by atoms with Gasteiger partial charge in [0.2, 0.25) is 0 Å². The highest BCUT2D eigenvalue weighted by atomic mass is 15.4. The molecule has 0 bridgehead atoms. The minimum atomic E-state index is 0.497. The second-order valence-corrected chi connectivity index (χ2v) is 2.54. The van der Waals surface area contributed by atoms with Crippen molar-refractivity contribution in [3.8, 4) is 0 Å². The van der Waals surface area contributed by atoms with Crippen LogP contribution in [0.1, 0.15) is 12.7 Å². The summed E-state index contributed by atoms with van der Waals surface area (Å²) in [4.78, 5) is 0. The molecule has 4 nitrogen and oxygen atoms in total. The molecule has 1 aromatic rings. The molecule has 10 heavy (non-hydrogen) atoms. The van der Waals surface area contributed by atoms with Gasteiger partial charge in [0.25, 0.3) is 0 Å². The van der Waals surface area contributed by atoms with E-state index in [0.717, 1.165) is 12.2 Å². The van der Waals surface area contributed by atoms with Crippen molar-refractivity contribution in [1.29, 1.82) is 0 Å². The average molecular weight is 136 g/mol. The molecular weight excluding hydrogens is 128 g/mol. The molecular formula is C6H8N4. The maximum Gasteiger partial charge on any atom is 0.154 e. The lowest BCUT2D eigenvalue weighted by Crippen LogP contribution is -2.12. The molecule has 0 saturated heterocycles. The molecule has 2 heterocycles. The molecule has 0 aromatic carbocycles. The highest BCUT2D eigenvalue weighted by molar-refractivity contribution is 5.61. The SMILES string of the molecule is CC1C=Nn2cnnc2C1. The molecule has 0 fully saturated rings. The van der Waals surface area contributed by atoms with Crippen LogP contribution in [0.4, 0.5) is 0 Å². The number of hydrogen-bond acceptors (Lipinski definition) is 3. The zero-order chi connectivity index (χ0) is 6.97. The Bertz CT molecular complexity index is 262. The largest absolute Gasteiger partial charge is 0.205 e. The van der Waals surface area contributed by atoms with E-state index in [9.17, 15) is 0 Å². The first kappa shape index (κ1) is 5.58. The van der Waals surface area contributed by atoms with E-state index in [1.165, 1.54) is 0 Å². The Balaban J connectivity index is 2.43.